The Balaban J connectivity index is 0.757. The van der Waals surface area contributed by atoms with Crippen molar-refractivity contribution in [3.63, 3.8) is 0 Å². The predicted molar refractivity (Wildman–Crippen MR) is 346 cm³/mol. The molecule has 8 atom stereocenters. The summed E-state index contributed by atoms with van der Waals surface area (Å²) in [6.07, 6.45) is 8.75. The molecule has 4 aliphatic rings. The monoisotopic (exact) mass is 1250 g/mol. The minimum absolute atomic E-state index is 0.0635. The molecular weight excluding hydrogens is 1180 g/mol. The number of hydrogen-bond donors (Lipinski definition) is 6. The quantitative estimate of drug-likeness (QED) is 0.0356. The standard InChI is InChI=1S/C68H78N12O8S2/c1-43(69-3)61(81)71-59(51-25-13-7-14-26-51)67(85)79-39-53(37-55(79)63(83)73-65-57(75-77-89-65)49-21-9-5-10-22-49)87-41-47-33-29-45(30-34-47)19-17-18-20-46-31-35-48(36-32-46)42-88-54-38-56(64(84)74-66-58(76-78-90-66)50-23-11-6-12-24-50)80(40-54)68(86)60(52-27-15-8-16-28-52)72-62(82)44(2)70-4/h5-6,9-12,21-24,29-36,43-44,51-56,59-60,69-70H,7-8,13-16,25-28,37-42H2,1-4H3,(H,71,81)(H,72,82)(H,73,83)(H,74,84)/t43-,44-,53-,54-,55-,56-,59-,60-/m0/s1. The third kappa shape index (κ3) is 16.6. The van der Waals surface area contributed by atoms with E-state index in [1.54, 1.807) is 37.7 Å². The molecule has 90 heavy (non-hydrogen) atoms. The molecule has 4 heterocycles. The number of ether oxygens (including phenoxy) is 2. The Bertz CT molecular complexity index is 3320. The number of likely N-dealkylation sites (tertiary alicyclic amines) is 2. The fraction of sp³-hybridized carbons (Fsp3) is 0.441. The van der Waals surface area contributed by atoms with Crippen molar-refractivity contribution in [1.82, 2.24) is 50.2 Å². The molecule has 0 radical (unpaired) electrons. The third-order valence-corrected chi connectivity index (χ3v) is 18.9. The van der Waals surface area contributed by atoms with Crippen molar-refractivity contribution in [2.45, 2.75) is 153 Å². The molecule has 20 nitrogen and oxygen atoms in total. The van der Waals surface area contributed by atoms with E-state index in [1.807, 2.05) is 109 Å². The zero-order valence-electron chi connectivity index (χ0n) is 51.2. The van der Waals surface area contributed by atoms with Crippen LogP contribution in [0, 0.1) is 35.5 Å². The van der Waals surface area contributed by atoms with Crippen molar-refractivity contribution in [3.05, 3.63) is 131 Å². The summed E-state index contributed by atoms with van der Waals surface area (Å²) >= 11 is 2.14. The topological polar surface area (TPSA) is 251 Å². The Morgan fingerprint density at radius 3 is 1.28 bits per heavy atom. The molecule has 0 bridgehead atoms. The molecule has 2 saturated carbocycles. The fourth-order valence-corrected chi connectivity index (χ4v) is 13.4. The summed E-state index contributed by atoms with van der Waals surface area (Å²) in [5.74, 6) is 10.1. The Kier molecular flexibility index (Phi) is 22.7. The van der Waals surface area contributed by atoms with Gasteiger partial charge in [0.25, 0.3) is 0 Å². The van der Waals surface area contributed by atoms with Crippen molar-refractivity contribution in [1.29, 1.82) is 0 Å². The van der Waals surface area contributed by atoms with E-state index in [0.717, 1.165) is 121 Å². The summed E-state index contributed by atoms with van der Waals surface area (Å²) in [5.41, 5.74) is 5.97. The number of carbonyl (C=O) groups excluding carboxylic acids is 6. The van der Waals surface area contributed by atoms with Crippen molar-refractivity contribution in [2.24, 2.45) is 11.8 Å². The Morgan fingerprint density at radius 1 is 0.533 bits per heavy atom. The molecule has 2 saturated heterocycles. The number of rotatable bonds is 22. The molecule has 22 heteroatoms. The second kappa shape index (κ2) is 31.5. The lowest BCUT2D eigenvalue weighted by Crippen LogP contribution is -2.57. The lowest BCUT2D eigenvalue weighted by atomic mass is 9.83. The second-order valence-corrected chi connectivity index (χ2v) is 25.2. The number of nitrogens with zero attached hydrogens (tertiary/aromatic N) is 6. The van der Waals surface area contributed by atoms with Crippen LogP contribution in [0.2, 0.25) is 0 Å². The van der Waals surface area contributed by atoms with Crippen LogP contribution >= 0.6 is 23.1 Å². The minimum Gasteiger partial charge on any atom is -0.372 e. The van der Waals surface area contributed by atoms with Gasteiger partial charge in [-0.15, -0.1) is 10.2 Å². The summed E-state index contributed by atoms with van der Waals surface area (Å²) in [6, 6.07) is 29.9. The molecule has 6 aromatic rings. The highest BCUT2D eigenvalue weighted by Gasteiger charge is 2.47. The van der Waals surface area contributed by atoms with Crippen molar-refractivity contribution < 1.29 is 38.2 Å². The van der Waals surface area contributed by atoms with Gasteiger partial charge in [-0.2, -0.15) is 0 Å². The molecule has 2 aliphatic carbocycles. The van der Waals surface area contributed by atoms with Crippen molar-refractivity contribution >= 4 is 68.5 Å². The minimum atomic E-state index is -0.877. The summed E-state index contributed by atoms with van der Waals surface area (Å²) < 4.78 is 21.2. The summed E-state index contributed by atoms with van der Waals surface area (Å²) in [7, 11) is 3.41. The van der Waals surface area contributed by atoms with E-state index < -0.39 is 48.5 Å². The molecule has 470 valence electrons. The Labute approximate surface area is 534 Å². The molecule has 0 spiro atoms. The van der Waals surface area contributed by atoms with Gasteiger partial charge in [-0.1, -0.05) is 144 Å². The lowest BCUT2D eigenvalue weighted by molar-refractivity contribution is -0.142. The smallest absolute Gasteiger partial charge is 0.247 e. The third-order valence-electron chi connectivity index (χ3n) is 17.6. The van der Waals surface area contributed by atoms with Crippen LogP contribution in [0.5, 0.6) is 0 Å². The maximum Gasteiger partial charge on any atom is 0.247 e. The van der Waals surface area contributed by atoms with Crippen LogP contribution in [0.15, 0.2) is 109 Å². The van der Waals surface area contributed by atoms with Gasteiger partial charge in [0.2, 0.25) is 35.4 Å². The van der Waals surface area contributed by atoms with Crippen LogP contribution in [-0.4, -0.2) is 140 Å². The molecule has 6 amide bonds. The Morgan fingerprint density at radius 2 is 0.911 bits per heavy atom. The first-order valence-electron chi connectivity index (χ1n) is 31.2. The number of anilines is 2. The number of hydrogen-bond acceptors (Lipinski definition) is 16. The van der Waals surface area contributed by atoms with Crippen molar-refractivity contribution in [2.75, 3.05) is 37.8 Å². The first kappa shape index (κ1) is 64.8. The Hall–Kier alpha value is -8.22. The summed E-state index contributed by atoms with van der Waals surface area (Å²) in [6.45, 7) is 4.30. The average Bonchev–Trinajstić information content (AvgIpc) is 1.86. The van der Waals surface area contributed by atoms with E-state index in [1.165, 1.54) is 0 Å². The van der Waals surface area contributed by atoms with Gasteiger partial charge in [0, 0.05) is 71.2 Å². The maximum absolute atomic E-state index is 14.8. The first-order valence-corrected chi connectivity index (χ1v) is 32.7. The number of nitrogens with one attached hydrogen (secondary N) is 6. The number of aromatic nitrogens is 4. The van der Waals surface area contributed by atoms with E-state index >= 15 is 0 Å². The highest BCUT2D eigenvalue weighted by molar-refractivity contribution is 7.11. The second-order valence-electron chi connectivity index (χ2n) is 23.6. The average molecular weight is 1260 g/mol. The van der Waals surface area contributed by atoms with Gasteiger partial charge < -0.3 is 51.2 Å². The predicted octanol–water partition coefficient (Wildman–Crippen LogP) is 7.72. The van der Waals surface area contributed by atoms with E-state index in [2.05, 4.69) is 74.8 Å². The van der Waals surface area contributed by atoms with E-state index in [4.69, 9.17) is 9.47 Å². The molecule has 6 N–H and O–H groups in total. The fourth-order valence-electron chi connectivity index (χ4n) is 12.2. The van der Waals surface area contributed by atoms with Gasteiger partial charge in [-0.3, -0.25) is 28.8 Å². The van der Waals surface area contributed by atoms with Crippen LogP contribution < -0.4 is 31.9 Å². The molecule has 2 aliphatic heterocycles. The highest BCUT2D eigenvalue weighted by atomic mass is 32.1. The largest absolute Gasteiger partial charge is 0.372 e. The van der Waals surface area contributed by atoms with Gasteiger partial charge in [-0.05, 0) is 113 Å². The molecule has 0 unspecified atom stereocenters. The first-order chi connectivity index (χ1) is 43.8. The molecular formula is C68H78N12O8S2. The highest BCUT2D eigenvalue weighted by Crippen LogP contribution is 2.36. The summed E-state index contributed by atoms with van der Waals surface area (Å²) in [4.78, 5) is 88.2. The van der Waals surface area contributed by atoms with Crippen LogP contribution in [0.25, 0.3) is 22.5 Å². The zero-order valence-corrected chi connectivity index (χ0v) is 52.9. The molecule has 4 aromatic carbocycles. The van der Waals surface area contributed by atoms with Gasteiger partial charge >= 0.3 is 0 Å². The van der Waals surface area contributed by atoms with E-state index in [-0.39, 0.29) is 86.4 Å². The van der Waals surface area contributed by atoms with Gasteiger partial charge in [0.15, 0.2) is 0 Å². The van der Waals surface area contributed by atoms with Crippen molar-refractivity contribution in [3.8, 4) is 46.2 Å². The summed E-state index contributed by atoms with van der Waals surface area (Å²) in [5, 5.41) is 27.7. The normalized spacial score (nSPS) is 19.9. The lowest BCUT2D eigenvalue weighted by Gasteiger charge is -2.35. The van der Waals surface area contributed by atoms with Crippen LogP contribution in [0.4, 0.5) is 10.0 Å². The van der Waals surface area contributed by atoms with Gasteiger partial charge in [0.05, 0.1) is 37.5 Å². The molecule has 4 fully saturated rings. The number of carbonyl (C=O) groups is 6. The maximum atomic E-state index is 14.8. The molecule has 2 aromatic heterocycles. The van der Waals surface area contributed by atoms with Gasteiger partial charge in [-0.25, -0.2) is 0 Å². The van der Waals surface area contributed by atoms with Gasteiger partial charge in [0.1, 0.15) is 45.6 Å². The zero-order chi connectivity index (χ0) is 62.9. The number of benzene rings is 4. The van der Waals surface area contributed by atoms with Crippen LogP contribution in [-0.2, 0) is 51.5 Å². The number of amides is 6. The van der Waals surface area contributed by atoms with E-state index in [9.17, 15) is 28.8 Å². The SMILES string of the molecule is CN[C@@H](C)C(=O)N[C@H](C(=O)N1C[C@@H](OCc2ccc(C#CC#Cc3ccc(CO[C@H]4C[C@@H](C(=O)Nc5snnc5-c5ccccc5)N(C(=O)[C@@H](NC(=O)[C@H](C)NC)C5CCCCC5)C4)cc3)cc2)C[C@H]1C(=O)Nc1snnc1-c1ccccc1)C1CCCCC1. The molecule has 10 rings (SSSR count). The van der Waals surface area contributed by atoms with Crippen LogP contribution in [0.1, 0.15) is 113 Å². The van der Waals surface area contributed by atoms with E-state index in [0.29, 0.717) is 21.4 Å². The number of likely N-dealkylation sites (N-methyl/N-ethyl adjacent to an activating group) is 2. The van der Waals surface area contributed by atoms with Crippen LogP contribution in [0.3, 0.4) is 0 Å².